The molecular formula is C12H13N3O2. The number of carbonyl (C=O) groups is 1. The Balaban J connectivity index is 1.84. The van der Waals surface area contributed by atoms with Crippen LogP contribution in [0.1, 0.15) is 22.5 Å². The predicted molar refractivity (Wildman–Crippen MR) is 61.7 cm³/mol. The van der Waals surface area contributed by atoms with E-state index >= 15 is 0 Å². The van der Waals surface area contributed by atoms with Crippen molar-refractivity contribution in [3.05, 3.63) is 47.8 Å². The van der Waals surface area contributed by atoms with Gasteiger partial charge in [-0.2, -0.15) is 0 Å². The maximum atomic E-state index is 10.6. The molecule has 5 nitrogen and oxygen atoms in total. The quantitative estimate of drug-likeness (QED) is 0.848. The van der Waals surface area contributed by atoms with Crippen molar-refractivity contribution in [2.24, 2.45) is 0 Å². The van der Waals surface area contributed by atoms with Crippen LogP contribution in [0.3, 0.4) is 0 Å². The molecule has 0 saturated carbocycles. The van der Waals surface area contributed by atoms with Crippen LogP contribution in [0.2, 0.25) is 0 Å². The molecule has 0 aliphatic rings. The van der Waals surface area contributed by atoms with Crippen molar-refractivity contribution in [3.63, 3.8) is 0 Å². The van der Waals surface area contributed by atoms with Crippen LogP contribution in [0.5, 0.6) is 0 Å². The third-order valence-electron chi connectivity index (χ3n) is 2.45. The topological polar surface area (TPSA) is 68.0 Å². The molecule has 0 amide bonds. The Hall–Kier alpha value is -2.17. The van der Waals surface area contributed by atoms with E-state index in [-0.39, 0.29) is 5.69 Å². The fourth-order valence-electron chi connectivity index (χ4n) is 1.60. The van der Waals surface area contributed by atoms with E-state index in [0.29, 0.717) is 6.54 Å². The van der Waals surface area contributed by atoms with Crippen LogP contribution in [0.4, 0.5) is 0 Å². The van der Waals surface area contributed by atoms with Crippen LogP contribution in [-0.4, -0.2) is 26.1 Å². The van der Waals surface area contributed by atoms with Gasteiger partial charge in [0.2, 0.25) is 0 Å². The maximum absolute atomic E-state index is 10.6. The fourth-order valence-corrected chi connectivity index (χ4v) is 1.60. The summed E-state index contributed by atoms with van der Waals surface area (Å²) in [5.74, 6) is -1.04. The molecule has 0 aliphatic carbocycles. The summed E-state index contributed by atoms with van der Waals surface area (Å²) in [4.78, 5) is 10.6. The van der Waals surface area contributed by atoms with Crippen molar-refractivity contribution < 1.29 is 9.90 Å². The fraction of sp³-hybridized carbons (Fsp3) is 0.250. The summed E-state index contributed by atoms with van der Waals surface area (Å²) in [6, 6.07) is 10.1. The van der Waals surface area contributed by atoms with Gasteiger partial charge in [0.25, 0.3) is 0 Å². The molecule has 1 aromatic heterocycles. The van der Waals surface area contributed by atoms with Gasteiger partial charge < -0.3 is 5.11 Å². The summed E-state index contributed by atoms with van der Waals surface area (Å²) in [5, 5.41) is 16.0. The second-order valence-electron chi connectivity index (χ2n) is 3.76. The Morgan fingerprint density at radius 2 is 2.06 bits per heavy atom. The maximum Gasteiger partial charge on any atom is 0.358 e. The number of hydrogen-bond acceptors (Lipinski definition) is 3. The Kier molecular flexibility index (Phi) is 3.49. The molecule has 0 aliphatic heterocycles. The van der Waals surface area contributed by atoms with Crippen molar-refractivity contribution >= 4 is 5.97 Å². The lowest BCUT2D eigenvalue weighted by Gasteiger charge is -2.00. The monoisotopic (exact) mass is 231 g/mol. The van der Waals surface area contributed by atoms with E-state index in [0.717, 1.165) is 12.8 Å². The highest BCUT2D eigenvalue weighted by Gasteiger charge is 2.07. The van der Waals surface area contributed by atoms with Crippen LogP contribution in [0, 0.1) is 0 Å². The number of aromatic carboxylic acids is 1. The summed E-state index contributed by atoms with van der Waals surface area (Å²) < 4.78 is 1.56. The largest absolute Gasteiger partial charge is 0.476 e. The van der Waals surface area contributed by atoms with Crippen molar-refractivity contribution in [2.75, 3.05) is 0 Å². The Morgan fingerprint density at radius 1 is 1.29 bits per heavy atom. The van der Waals surface area contributed by atoms with Crippen molar-refractivity contribution in [1.82, 2.24) is 15.0 Å². The van der Waals surface area contributed by atoms with Crippen molar-refractivity contribution in [3.8, 4) is 0 Å². The van der Waals surface area contributed by atoms with E-state index in [1.54, 1.807) is 4.68 Å². The summed E-state index contributed by atoms with van der Waals surface area (Å²) in [5.41, 5.74) is 1.26. The minimum absolute atomic E-state index is 0.00953. The highest BCUT2D eigenvalue weighted by atomic mass is 16.4. The van der Waals surface area contributed by atoms with Gasteiger partial charge in [0.15, 0.2) is 5.69 Å². The van der Waals surface area contributed by atoms with E-state index in [2.05, 4.69) is 22.4 Å². The number of aryl methyl sites for hydroxylation is 2. The second-order valence-corrected chi connectivity index (χ2v) is 3.76. The van der Waals surface area contributed by atoms with Crippen LogP contribution in [0.15, 0.2) is 36.5 Å². The molecule has 17 heavy (non-hydrogen) atoms. The van der Waals surface area contributed by atoms with E-state index < -0.39 is 5.97 Å². The molecular weight excluding hydrogens is 218 g/mol. The van der Waals surface area contributed by atoms with Gasteiger partial charge in [-0.05, 0) is 18.4 Å². The van der Waals surface area contributed by atoms with Crippen LogP contribution >= 0.6 is 0 Å². The zero-order valence-corrected chi connectivity index (χ0v) is 9.28. The third-order valence-corrected chi connectivity index (χ3v) is 2.45. The predicted octanol–water partition coefficient (Wildman–Crippen LogP) is 1.61. The van der Waals surface area contributed by atoms with Gasteiger partial charge in [0.1, 0.15) is 0 Å². The Bertz CT molecular complexity index is 493. The number of carboxylic acids is 1. The molecule has 0 fully saturated rings. The van der Waals surface area contributed by atoms with E-state index in [9.17, 15) is 4.79 Å². The lowest BCUT2D eigenvalue weighted by atomic mass is 10.1. The molecule has 0 atom stereocenters. The van der Waals surface area contributed by atoms with E-state index in [1.165, 1.54) is 11.8 Å². The summed E-state index contributed by atoms with van der Waals surface area (Å²) in [7, 11) is 0. The standard InChI is InChI=1S/C12H13N3O2/c16-12(17)11-9-15(14-13-11)8-4-7-10-5-2-1-3-6-10/h1-3,5-6,9H,4,7-8H2,(H,16,17). The minimum Gasteiger partial charge on any atom is -0.476 e. The number of hydrogen-bond donors (Lipinski definition) is 1. The average molecular weight is 231 g/mol. The molecule has 1 aromatic carbocycles. The summed E-state index contributed by atoms with van der Waals surface area (Å²) in [6.45, 7) is 0.676. The first kappa shape index (κ1) is 11.3. The summed E-state index contributed by atoms with van der Waals surface area (Å²) >= 11 is 0. The van der Waals surface area contributed by atoms with E-state index in [4.69, 9.17) is 5.11 Å². The van der Waals surface area contributed by atoms with Crippen LogP contribution in [-0.2, 0) is 13.0 Å². The highest BCUT2D eigenvalue weighted by Crippen LogP contribution is 2.03. The number of rotatable bonds is 5. The van der Waals surface area contributed by atoms with Crippen LogP contribution < -0.4 is 0 Å². The average Bonchev–Trinajstić information content (AvgIpc) is 2.79. The van der Waals surface area contributed by atoms with Crippen molar-refractivity contribution in [2.45, 2.75) is 19.4 Å². The number of aromatic nitrogens is 3. The minimum atomic E-state index is -1.04. The Morgan fingerprint density at radius 3 is 2.71 bits per heavy atom. The molecule has 2 aromatic rings. The molecule has 1 heterocycles. The highest BCUT2D eigenvalue weighted by molar-refractivity contribution is 5.84. The van der Waals surface area contributed by atoms with Gasteiger partial charge >= 0.3 is 5.97 Å². The molecule has 0 saturated heterocycles. The SMILES string of the molecule is O=C(O)c1cn(CCCc2ccccc2)nn1. The zero-order chi connectivity index (χ0) is 12.1. The first-order chi connectivity index (χ1) is 8.25. The van der Waals surface area contributed by atoms with Gasteiger partial charge in [-0.15, -0.1) is 5.10 Å². The zero-order valence-electron chi connectivity index (χ0n) is 9.28. The van der Waals surface area contributed by atoms with Gasteiger partial charge in [-0.25, -0.2) is 4.79 Å². The molecule has 0 bridgehead atoms. The molecule has 88 valence electrons. The smallest absolute Gasteiger partial charge is 0.358 e. The normalized spacial score (nSPS) is 10.4. The summed E-state index contributed by atoms with van der Waals surface area (Å²) in [6.07, 6.45) is 3.31. The first-order valence-corrected chi connectivity index (χ1v) is 5.43. The van der Waals surface area contributed by atoms with Gasteiger partial charge in [0, 0.05) is 6.54 Å². The first-order valence-electron chi connectivity index (χ1n) is 5.43. The molecule has 2 rings (SSSR count). The molecule has 0 unspecified atom stereocenters. The molecule has 1 N–H and O–H groups in total. The molecule has 0 radical (unpaired) electrons. The van der Waals surface area contributed by atoms with E-state index in [1.807, 2.05) is 18.2 Å². The van der Waals surface area contributed by atoms with Crippen molar-refractivity contribution in [1.29, 1.82) is 0 Å². The number of nitrogens with zero attached hydrogens (tertiary/aromatic N) is 3. The number of benzene rings is 1. The number of carboxylic acid groups (broad SMARTS) is 1. The van der Waals surface area contributed by atoms with Gasteiger partial charge in [-0.3, -0.25) is 4.68 Å². The Labute approximate surface area is 98.7 Å². The van der Waals surface area contributed by atoms with Crippen LogP contribution in [0.25, 0.3) is 0 Å². The third kappa shape index (κ3) is 3.14. The second kappa shape index (κ2) is 5.25. The lowest BCUT2D eigenvalue weighted by Crippen LogP contribution is -2.00. The lowest BCUT2D eigenvalue weighted by molar-refractivity contribution is 0.0690. The molecule has 5 heteroatoms. The molecule has 0 spiro atoms. The van der Waals surface area contributed by atoms with Gasteiger partial charge in [-0.1, -0.05) is 35.5 Å². The van der Waals surface area contributed by atoms with Gasteiger partial charge in [0.05, 0.1) is 6.20 Å².